The van der Waals surface area contributed by atoms with Gasteiger partial charge < -0.3 is 10.4 Å². The van der Waals surface area contributed by atoms with E-state index in [2.05, 4.69) is 5.32 Å². The van der Waals surface area contributed by atoms with Crippen LogP contribution in [0.5, 0.6) is 0 Å². The molecule has 0 saturated carbocycles. The van der Waals surface area contributed by atoms with Gasteiger partial charge in [0.25, 0.3) is 5.91 Å². The summed E-state index contributed by atoms with van der Waals surface area (Å²) < 4.78 is 0.353. The first-order chi connectivity index (χ1) is 13.6. The molecule has 0 aliphatic carbocycles. The number of carbonyl (C=O) groups is 2. The summed E-state index contributed by atoms with van der Waals surface area (Å²) in [4.78, 5) is 26.8. The molecule has 1 heterocycles. The van der Waals surface area contributed by atoms with Crippen LogP contribution in [0.2, 0.25) is 0 Å². The smallest absolute Gasteiger partial charge is 0.266 e. The van der Waals surface area contributed by atoms with Gasteiger partial charge in [-0.15, -0.1) is 0 Å². The molecule has 5 nitrogen and oxygen atoms in total. The Morgan fingerprint density at radius 1 is 1.14 bits per heavy atom. The lowest BCUT2D eigenvalue weighted by Crippen LogP contribution is -2.45. The summed E-state index contributed by atoms with van der Waals surface area (Å²) in [6.07, 6.45) is 2.28. The van der Waals surface area contributed by atoms with Gasteiger partial charge >= 0.3 is 0 Å². The first-order valence-corrected chi connectivity index (χ1v) is 10.0. The number of hydrogen-bond donors (Lipinski definition) is 2. The highest BCUT2D eigenvalue weighted by Gasteiger charge is 2.33. The highest BCUT2D eigenvalue weighted by atomic mass is 32.2. The lowest BCUT2D eigenvalue weighted by Gasteiger charge is -2.19. The van der Waals surface area contributed by atoms with Gasteiger partial charge in [0.05, 0.1) is 17.6 Å². The van der Waals surface area contributed by atoms with Gasteiger partial charge in [0.2, 0.25) is 5.91 Å². The predicted octanol–water partition coefficient (Wildman–Crippen LogP) is 2.61. The molecule has 7 heteroatoms. The molecule has 2 aromatic carbocycles. The summed E-state index contributed by atoms with van der Waals surface area (Å²) >= 11 is 6.46. The van der Waals surface area contributed by atoms with Crippen LogP contribution in [-0.4, -0.2) is 45.3 Å². The van der Waals surface area contributed by atoms with Crippen molar-refractivity contribution in [1.29, 1.82) is 0 Å². The minimum atomic E-state index is -0.423. The second kappa shape index (κ2) is 9.64. The molecule has 2 amide bonds. The van der Waals surface area contributed by atoms with Crippen LogP contribution in [0.4, 0.5) is 0 Å². The van der Waals surface area contributed by atoms with E-state index in [1.807, 2.05) is 60.7 Å². The van der Waals surface area contributed by atoms with Crippen molar-refractivity contribution < 1.29 is 14.7 Å². The fraction of sp³-hybridized carbons (Fsp3) is 0.190. The van der Waals surface area contributed by atoms with E-state index >= 15 is 0 Å². The van der Waals surface area contributed by atoms with E-state index in [1.165, 1.54) is 16.7 Å². The van der Waals surface area contributed by atoms with E-state index < -0.39 is 6.04 Å². The molecule has 0 spiro atoms. The number of aliphatic hydroxyl groups excluding tert-OH is 1. The Balaban J connectivity index is 1.61. The van der Waals surface area contributed by atoms with Gasteiger partial charge in [0.1, 0.15) is 10.9 Å². The van der Waals surface area contributed by atoms with Gasteiger partial charge in [-0.1, -0.05) is 84.6 Å². The Kier molecular flexibility index (Phi) is 6.97. The van der Waals surface area contributed by atoms with Crippen LogP contribution in [-0.2, 0) is 16.0 Å². The van der Waals surface area contributed by atoms with Crippen molar-refractivity contribution in [1.82, 2.24) is 10.2 Å². The lowest BCUT2D eigenvalue weighted by atomic mass is 10.1. The van der Waals surface area contributed by atoms with Crippen LogP contribution in [0.15, 0.2) is 65.6 Å². The van der Waals surface area contributed by atoms with Crippen molar-refractivity contribution in [2.45, 2.75) is 12.5 Å². The average molecular weight is 413 g/mol. The summed E-state index contributed by atoms with van der Waals surface area (Å²) in [5, 5.41) is 12.3. The summed E-state index contributed by atoms with van der Waals surface area (Å²) in [6.45, 7) is -0.352. The Hall–Kier alpha value is -2.48. The highest BCUT2D eigenvalue weighted by molar-refractivity contribution is 8.26. The first-order valence-electron chi connectivity index (χ1n) is 8.81. The largest absolute Gasteiger partial charge is 0.394 e. The Morgan fingerprint density at radius 2 is 1.79 bits per heavy atom. The Labute approximate surface area is 173 Å². The van der Waals surface area contributed by atoms with Crippen LogP contribution in [0, 0.1) is 0 Å². The molecule has 2 aromatic rings. The molecular formula is C21H20N2O3S2. The van der Waals surface area contributed by atoms with E-state index in [0.29, 0.717) is 15.6 Å². The van der Waals surface area contributed by atoms with Gasteiger partial charge in [0.15, 0.2) is 0 Å². The molecule has 28 heavy (non-hydrogen) atoms. The maximum atomic E-state index is 12.6. The second-order valence-electron chi connectivity index (χ2n) is 6.32. The van der Waals surface area contributed by atoms with Crippen molar-refractivity contribution in [3.63, 3.8) is 0 Å². The molecular weight excluding hydrogens is 392 g/mol. The fourth-order valence-corrected chi connectivity index (χ4v) is 4.07. The van der Waals surface area contributed by atoms with Crippen molar-refractivity contribution >= 4 is 46.2 Å². The summed E-state index contributed by atoms with van der Waals surface area (Å²) in [5.41, 5.74) is 1.91. The number of thiocarbonyl (C=S) groups is 1. The van der Waals surface area contributed by atoms with E-state index in [0.717, 1.165) is 11.1 Å². The standard InChI is InChI=1S/C21H20N2O3S2/c24-14-17(11-15-7-3-1-4-8-15)22-19(25)13-23-20(26)18(28-21(23)27)12-16-9-5-2-6-10-16/h1-10,12,17,24H,11,13-14H2,(H,22,25)/b18-12+/t17-/m0/s1. The number of amides is 2. The molecule has 0 radical (unpaired) electrons. The number of nitrogens with zero attached hydrogens (tertiary/aromatic N) is 1. The van der Waals surface area contributed by atoms with Crippen molar-refractivity contribution in [2.75, 3.05) is 13.2 Å². The van der Waals surface area contributed by atoms with E-state index in [9.17, 15) is 14.7 Å². The van der Waals surface area contributed by atoms with E-state index in [1.54, 1.807) is 6.08 Å². The third-order valence-electron chi connectivity index (χ3n) is 4.18. The van der Waals surface area contributed by atoms with Gasteiger partial charge in [-0.3, -0.25) is 14.5 Å². The predicted molar refractivity (Wildman–Crippen MR) is 115 cm³/mol. The molecule has 1 fully saturated rings. The highest BCUT2D eigenvalue weighted by Crippen LogP contribution is 2.32. The zero-order chi connectivity index (χ0) is 19.9. The number of thioether (sulfide) groups is 1. The average Bonchev–Trinajstić information content (AvgIpc) is 2.96. The van der Waals surface area contributed by atoms with Gasteiger partial charge in [-0.05, 0) is 23.6 Å². The molecule has 1 atom stereocenters. The topological polar surface area (TPSA) is 69.6 Å². The van der Waals surface area contributed by atoms with Crippen LogP contribution in [0.1, 0.15) is 11.1 Å². The maximum absolute atomic E-state index is 12.6. The van der Waals surface area contributed by atoms with Crippen LogP contribution in [0.25, 0.3) is 6.08 Å². The maximum Gasteiger partial charge on any atom is 0.266 e. The molecule has 2 N–H and O–H groups in total. The van der Waals surface area contributed by atoms with Gasteiger partial charge in [0, 0.05) is 0 Å². The third-order valence-corrected chi connectivity index (χ3v) is 5.56. The number of aliphatic hydroxyl groups is 1. The molecule has 1 saturated heterocycles. The Bertz CT molecular complexity index is 885. The molecule has 1 aliphatic rings. The number of rotatable bonds is 7. The van der Waals surface area contributed by atoms with Gasteiger partial charge in [-0.2, -0.15) is 0 Å². The van der Waals surface area contributed by atoms with E-state index in [4.69, 9.17) is 12.2 Å². The Morgan fingerprint density at radius 3 is 2.43 bits per heavy atom. The van der Waals surface area contributed by atoms with E-state index in [-0.39, 0.29) is 25.0 Å². The summed E-state index contributed by atoms with van der Waals surface area (Å²) in [6, 6.07) is 18.7. The molecule has 0 bridgehead atoms. The molecule has 1 aliphatic heterocycles. The van der Waals surface area contributed by atoms with Crippen molar-refractivity contribution in [2.24, 2.45) is 0 Å². The molecule has 144 valence electrons. The SMILES string of the molecule is O=C(CN1C(=O)/C(=C\c2ccccc2)SC1=S)N[C@H](CO)Cc1ccccc1. The summed E-state index contributed by atoms with van der Waals surface area (Å²) in [5.74, 6) is -0.634. The van der Waals surface area contributed by atoms with Gasteiger partial charge in [-0.25, -0.2) is 0 Å². The fourth-order valence-electron chi connectivity index (χ4n) is 2.81. The monoisotopic (exact) mass is 412 g/mol. The number of carbonyl (C=O) groups excluding carboxylic acids is 2. The number of hydrogen-bond acceptors (Lipinski definition) is 5. The second-order valence-corrected chi connectivity index (χ2v) is 7.99. The molecule has 0 aromatic heterocycles. The van der Waals surface area contributed by atoms with Crippen LogP contribution >= 0.6 is 24.0 Å². The number of benzene rings is 2. The normalized spacial score (nSPS) is 16.5. The summed E-state index contributed by atoms with van der Waals surface area (Å²) in [7, 11) is 0. The molecule has 3 rings (SSSR count). The first kappa shape index (κ1) is 20.3. The quantitative estimate of drug-likeness (QED) is 0.540. The number of nitrogens with one attached hydrogen (secondary N) is 1. The minimum Gasteiger partial charge on any atom is -0.394 e. The van der Waals surface area contributed by atoms with Crippen LogP contribution < -0.4 is 5.32 Å². The van der Waals surface area contributed by atoms with Crippen molar-refractivity contribution in [3.8, 4) is 0 Å². The third kappa shape index (κ3) is 5.28. The lowest BCUT2D eigenvalue weighted by molar-refractivity contribution is -0.129. The zero-order valence-electron chi connectivity index (χ0n) is 15.1. The minimum absolute atomic E-state index is 0.165. The van der Waals surface area contributed by atoms with Crippen LogP contribution in [0.3, 0.4) is 0 Å². The molecule has 0 unspecified atom stereocenters. The van der Waals surface area contributed by atoms with Crippen molar-refractivity contribution in [3.05, 3.63) is 76.7 Å². The zero-order valence-corrected chi connectivity index (χ0v) is 16.7.